The van der Waals surface area contributed by atoms with Crippen LogP contribution in [0.2, 0.25) is 0 Å². The van der Waals surface area contributed by atoms with E-state index in [1.165, 1.54) is 5.56 Å². The minimum Gasteiger partial charge on any atom is -0.497 e. The number of hydrogen-bond donors (Lipinski definition) is 1. The normalized spacial score (nSPS) is 10.7. The largest absolute Gasteiger partial charge is 0.497 e. The van der Waals surface area contributed by atoms with Crippen molar-refractivity contribution in [2.45, 2.75) is 6.54 Å². The predicted molar refractivity (Wildman–Crippen MR) is 99.9 cm³/mol. The first-order valence-corrected chi connectivity index (χ1v) is 7.88. The fourth-order valence-corrected chi connectivity index (χ4v) is 2.33. The monoisotopic (exact) mass is 316 g/mol. The first-order chi connectivity index (χ1) is 11.8. The molecule has 0 bridgehead atoms. The Morgan fingerprint density at radius 1 is 0.917 bits per heavy atom. The molecule has 0 unspecified atom stereocenters. The summed E-state index contributed by atoms with van der Waals surface area (Å²) in [6, 6.07) is 20.4. The summed E-state index contributed by atoms with van der Waals surface area (Å²) in [5.74, 6) is 0.871. The second-order valence-corrected chi connectivity index (χ2v) is 5.44. The summed E-state index contributed by atoms with van der Waals surface area (Å²) >= 11 is 0. The molecule has 0 aliphatic heterocycles. The predicted octanol–water partition coefficient (Wildman–Crippen LogP) is 4.87. The van der Waals surface area contributed by atoms with E-state index in [4.69, 9.17) is 4.74 Å². The van der Waals surface area contributed by atoms with Gasteiger partial charge >= 0.3 is 0 Å². The van der Waals surface area contributed by atoms with Gasteiger partial charge in [-0.25, -0.2) is 0 Å². The molecule has 0 fully saturated rings. The van der Waals surface area contributed by atoms with Gasteiger partial charge in [0.05, 0.1) is 7.11 Å². The highest BCUT2D eigenvalue weighted by Crippen LogP contribution is 2.16. The fraction of sp³-hybridized carbons (Fsp3) is 0.0952. The number of pyridine rings is 1. The number of benzene rings is 2. The Kier molecular flexibility index (Phi) is 5.25. The molecular weight excluding hydrogens is 296 g/mol. The second kappa shape index (κ2) is 7.97. The number of nitrogens with zero attached hydrogens (tertiary/aromatic N) is 1. The molecule has 3 aromatic rings. The quantitative estimate of drug-likeness (QED) is 0.659. The topological polar surface area (TPSA) is 34.1 Å². The van der Waals surface area contributed by atoms with Gasteiger partial charge in [0, 0.05) is 24.6 Å². The molecule has 2 aromatic carbocycles. The van der Waals surface area contributed by atoms with E-state index in [2.05, 4.69) is 52.8 Å². The smallest absolute Gasteiger partial charge is 0.118 e. The summed E-state index contributed by atoms with van der Waals surface area (Å²) in [5.41, 5.74) is 4.58. The third-order valence-electron chi connectivity index (χ3n) is 3.71. The zero-order valence-electron chi connectivity index (χ0n) is 13.6. The number of aromatic nitrogens is 1. The van der Waals surface area contributed by atoms with Gasteiger partial charge in [0.15, 0.2) is 0 Å². The SMILES string of the molecule is COc1ccc(/C=C/c2ccc(NCc3cccnc3)cc2)cc1. The summed E-state index contributed by atoms with van der Waals surface area (Å²) in [7, 11) is 1.68. The zero-order chi connectivity index (χ0) is 16.6. The third-order valence-corrected chi connectivity index (χ3v) is 3.71. The van der Waals surface area contributed by atoms with Crippen molar-refractivity contribution in [2.75, 3.05) is 12.4 Å². The Bertz CT molecular complexity index is 778. The van der Waals surface area contributed by atoms with Crippen LogP contribution in [0, 0.1) is 0 Å². The molecule has 120 valence electrons. The maximum atomic E-state index is 5.17. The Labute approximate surface area is 142 Å². The molecule has 0 amide bonds. The maximum Gasteiger partial charge on any atom is 0.118 e. The fourth-order valence-electron chi connectivity index (χ4n) is 2.33. The molecular formula is C21H20N2O. The lowest BCUT2D eigenvalue weighted by Gasteiger charge is -2.06. The molecule has 3 heteroatoms. The standard InChI is InChI=1S/C21H20N2O/c1-24-21-12-8-18(9-13-21)5-4-17-6-10-20(11-7-17)23-16-19-3-2-14-22-15-19/h2-15,23H,16H2,1H3/b5-4+. The Balaban J connectivity index is 1.58. The molecule has 3 rings (SSSR count). The van der Waals surface area contributed by atoms with Crippen LogP contribution >= 0.6 is 0 Å². The Hall–Kier alpha value is -3.07. The van der Waals surface area contributed by atoms with Crippen molar-refractivity contribution in [1.82, 2.24) is 4.98 Å². The van der Waals surface area contributed by atoms with Crippen molar-refractivity contribution in [3.05, 3.63) is 89.7 Å². The van der Waals surface area contributed by atoms with Crippen LogP contribution in [0.25, 0.3) is 12.2 Å². The van der Waals surface area contributed by atoms with Crippen molar-refractivity contribution in [3.63, 3.8) is 0 Å². The van der Waals surface area contributed by atoms with Gasteiger partial charge in [0.1, 0.15) is 5.75 Å². The zero-order valence-corrected chi connectivity index (χ0v) is 13.6. The van der Waals surface area contributed by atoms with Gasteiger partial charge in [-0.15, -0.1) is 0 Å². The Morgan fingerprint density at radius 2 is 1.58 bits per heavy atom. The number of hydrogen-bond acceptors (Lipinski definition) is 3. The summed E-state index contributed by atoms with van der Waals surface area (Å²) < 4.78 is 5.17. The summed E-state index contributed by atoms with van der Waals surface area (Å²) in [5, 5.41) is 3.40. The van der Waals surface area contributed by atoms with Crippen LogP contribution in [-0.4, -0.2) is 12.1 Å². The number of nitrogens with one attached hydrogen (secondary N) is 1. The number of ether oxygens (including phenoxy) is 1. The van der Waals surface area contributed by atoms with Gasteiger partial charge in [-0.3, -0.25) is 4.98 Å². The highest BCUT2D eigenvalue weighted by Gasteiger charge is 1.95. The van der Waals surface area contributed by atoms with E-state index >= 15 is 0 Å². The molecule has 1 aromatic heterocycles. The van der Waals surface area contributed by atoms with Gasteiger partial charge in [-0.1, -0.05) is 42.5 Å². The van der Waals surface area contributed by atoms with Crippen molar-refractivity contribution >= 4 is 17.8 Å². The average molecular weight is 316 g/mol. The van der Waals surface area contributed by atoms with Crippen LogP contribution in [0.3, 0.4) is 0 Å². The van der Waals surface area contributed by atoms with Crippen molar-refractivity contribution in [1.29, 1.82) is 0 Å². The molecule has 0 aliphatic rings. The van der Waals surface area contributed by atoms with Gasteiger partial charge in [0.25, 0.3) is 0 Å². The number of anilines is 1. The maximum absolute atomic E-state index is 5.17. The van der Waals surface area contributed by atoms with Gasteiger partial charge in [0.2, 0.25) is 0 Å². The molecule has 0 saturated heterocycles. The molecule has 24 heavy (non-hydrogen) atoms. The molecule has 0 spiro atoms. The third kappa shape index (κ3) is 4.46. The molecule has 0 aliphatic carbocycles. The summed E-state index contributed by atoms with van der Waals surface area (Å²) in [6.45, 7) is 0.773. The lowest BCUT2D eigenvalue weighted by atomic mass is 10.1. The van der Waals surface area contributed by atoms with Crippen molar-refractivity contribution in [3.8, 4) is 5.75 Å². The number of methoxy groups -OCH3 is 1. The van der Waals surface area contributed by atoms with Crippen molar-refractivity contribution in [2.24, 2.45) is 0 Å². The van der Waals surface area contributed by atoms with Crippen LogP contribution < -0.4 is 10.1 Å². The highest BCUT2D eigenvalue weighted by atomic mass is 16.5. The van der Waals surface area contributed by atoms with Gasteiger partial charge in [-0.2, -0.15) is 0 Å². The van der Waals surface area contributed by atoms with E-state index in [0.717, 1.165) is 29.1 Å². The van der Waals surface area contributed by atoms with E-state index in [1.54, 1.807) is 13.3 Å². The van der Waals surface area contributed by atoms with Crippen LogP contribution in [0.1, 0.15) is 16.7 Å². The molecule has 1 N–H and O–H groups in total. The molecule has 0 saturated carbocycles. The Morgan fingerprint density at radius 3 is 2.17 bits per heavy atom. The molecule has 0 radical (unpaired) electrons. The van der Waals surface area contributed by atoms with E-state index in [9.17, 15) is 0 Å². The van der Waals surface area contributed by atoms with Crippen LogP contribution in [0.15, 0.2) is 73.1 Å². The summed E-state index contributed by atoms with van der Waals surface area (Å²) in [6.07, 6.45) is 7.86. The summed E-state index contributed by atoms with van der Waals surface area (Å²) in [4.78, 5) is 4.12. The van der Waals surface area contributed by atoms with E-state index < -0.39 is 0 Å². The lowest BCUT2D eigenvalue weighted by Crippen LogP contribution is -1.99. The minimum absolute atomic E-state index is 0.773. The van der Waals surface area contributed by atoms with E-state index in [0.29, 0.717) is 0 Å². The van der Waals surface area contributed by atoms with Crippen LogP contribution in [-0.2, 0) is 6.54 Å². The first-order valence-electron chi connectivity index (χ1n) is 7.88. The molecule has 0 atom stereocenters. The van der Waals surface area contributed by atoms with E-state index in [-0.39, 0.29) is 0 Å². The minimum atomic E-state index is 0.773. The van der Waals surface area contributed by atoms with Crippen molar-refractivity contribution < 1.29 is 4.74 Å². The van der Waals surface area contributed by atoms with Gasteiger partial charge < -0.3 is 10.1 Å². The second-order valence-electron chi connectivity index (χ2n) is 5.44. The number of rotatable bonds is 6. The molecule has 1 heterocycles. The van der Waals surface area contributed by atoms with Crippen LogP contribution in [0.4, 0.5) is 5.69 Å². The average Bonchev–Trinajstić information content (AvgIpc) is 2.67. The highest BCUT2D eigenvalue weighted by molar-refractivity contribution is 5.70. The van der Waals surface area contributed by atoms with Gasteiger partial charge in [-0.05, 0) is 47.0 Å². The molecule has 3 nitrogen and oxygen atoms in total. The van der Waals surface area contributed by atoms with E-state index in [1.807, 2.05) is 36.5 Å². The first kappa shape index (κ1) is 15.8. The lowest BCUT2D eigenvalue weighted by molar-refractivity contribution is 0.415. The van der Waals surface area contributed by atoms with Crippen LogP contribution in [0.5, 0.6) is 5.75 Å².